The predicted octanol–water partition coefficient (Wildman–Crippen LogP) is 8.18. The summed E-state index contributed by atoms with van der Waals surface area (Å²) in [5, 5.41) is 29.6. The highest BCUT2D eigenvalue weighted by molar-refractivity contribution is 7.92. The van der Waals surface area contributed by atoms with Crippen LogP contribution in [0.4, 0.5) is 43.9 Å². The van der Waals surface area contributed by atoms with Gasteiger partial charge in [-0.1, -0.05) is 49.6 Å². The van der Waals surface area contributed by atoms with E-state index in [0.29, 0.717) is 10.7 Å². The van der Waals surface area contributed by atoms with E-state index < -0.39 is 218 Å². The zero-order valence-electron chi connectivity index (χ0n) is 48.7. The van der Waals surface area contributed by atoms with E-state index in [2.05, 4.69) is 32.3 Å². The largest absolute Gasteiger partial charge is 0.524 e. The van der Waals surface area contributed by atoms with Crippen molar-refractivity contribution in [3.05, 3.63) is 128 Å². The number of carboxylic acids is 2. The normalized spacial score (nSPS) is 16.5. The van der Waals surface area contributed by atoms with Crippen LogP contribution in [-0.4, -0.2) is 119 Å². The predicted molar refractivity (Wildman–Crippen MR) is 306 cm³/mol. The minimum absolute atomic E-state index is 0.155. The number of alkyl halides is 8. The molecule has 3 amide bonds. The molecule has 93 heavy (non-hydrogen) atoms. The quantitative estimate of drug-likeness (QED) is 0.0138. The summed E-state index contributed by atoms with van der Waals surface area (Å²) in [6.07, 6.45) is -13.7. The number of nitrogens with one attached hydrogen (secondary N) is 2. The minimum Gasteiger partial charge on any atom is -0.481 e. The summed E-state index contributed by atoms with van der Waals surface area (Å²) >= 11 is 3.31. The van der Waals surface area contributed by atoms with Gasteiger partial charge in [-0.3, -0.25) is 42.9 Å². The van der Waals surface area contributed by atoms with Crippen LogP contribution in [0, 0.1) is 29.4 Å². The Morgan fingerprint density at radius 1 is 0.925 bits per heavy atom. The first-order chi connectivity index (χ1) is 42.8. The van der Waals surface area contributed by atoms with E-state index in [-0.39, 0.29) is 48.9 Å². The minimum atomic E-state index is -5.51. The number of carbonyl (C=O) groups excluding carboxylic acids is 3. The first-order valence-electron chi connectivity index (χ1n) is 27.1. The fraction of sp³-hybridized carbons (Fsp3) is 0.393. The number of phosphoric ester groups is 1. The van der Waals surface area contributed by atoms with Crippen LogP contribution in [0.15, 0.2) is 60.7 Å². The molecule has 1 saturated carbocycles. The fourth-order valence-corrected chi connectivity index (χ4v) is 12.2. The molecular formula is C56H52ClF10N8O15PS2. The van der Waals surface area contributed by atoms with Gasteiger partial charge in [-0.25, -0.2) is 40.1 Å². The molecule has 0 aliphatic heterocycles. The summed E-state index contributed by atoms with van der Waals surface area (Å²) in [5.74, 6) is -12.0. The third kappa shape index (κ3) is 16.0. The number of sulfone groups is 1. The van der Waals surface area contributed by atoms with E-state index in [0.717, 1.165) is 54.8 Å². The number of rotatable bonds is 23. The number of carbonyl (C=O) groups is 5. The van der Waals surface area contributed by atoms with Crippen molar-refractivity contribution in [1.29, 1.82) is 0 Å². The smallest absolute Gasteiger partial charge is 0.481 e. The van der Waals surface area contributed by atoms with Gasteiger partial charge in [0.15, 0.2) is 15.5 Å². The lowest BCUT2D eigenvalue weighted by Crippen LogP contribution is -2.43. The molecule has 0 saturated heterocycles. The molecule has 0 radical (unpaired) electrons. The average molecular weight is 1400 g/mol. The van der Waals surface area contributed by atoms with E-state index >= 15 is 17.6 Å². The molecule has 5 atom stereocenters. The van der Waals surface area contributed by atoms with Crippen LogP contribution in [0.5, 0.6) is 5.75 Å². The lowest BCUT2D eigenvalue weighted by Gasteiger charge is -2.31. The number of hydrogen-bond donors (Lipinski definition) is 7. The first-order valence-corrected chi connectivity index (χ1v) is 31.9. The number of pyridine rings is 1. The van der Waals surface area contributed by atoms with Crippen molar-refractivity contribution in [1.82, 2.24) is 39.5 Å². The van der Waals surface area contributed by atoms with E-state index in [1.165, 1.54) is 33.8 Å². The van der Waals surface area contributed by atoms with Crippen molar-refractivity contribution in [2.45, 2.75) is 126 Å². The molecule has 3 heterocycles. The van der Waals surface area contributed by atoms with Gasteiger partial charge in [-0.2, -0.15) is 45.3 Å². The van der Waals surface area contributed by atoms with Crippen LogP contribution in [0.3, 0.4) is 0 Å². The van der Waals surface area contributed by atoms with Crippen LogP contribution in [0.1, 0.15) is 110 Å². The fourth-order valence-electron chi connectivity index (χ4n) is 10.9. The van der Waals surface area contributed by atoms with Gasteiger partial charge in [0.2, 0.25) is 17.7 Å². The molecule has 3 aromatic heterocycles. The highest BCUT2D eigenvalue weighted by Crippen LogP contribution is 2.68. The van der Waals surface area contributed by atoms with E-state index in [4.69, 9.17) is 16.1 Å². The zero-order chi connectivity index (χ0) is 69.2. The number of carboxylic acid groups (broad SMARTS) is 2. The Hall–Kier alpha value is -8.00. The van der Waals surface area contributed by atoms with Crippen LogP contribution >= 0.6 is 19.4 Å². The number of halogens is 11. The number of aliphatic carboxylic acids is 2. The van der Waals surface area contributed by atoms with Crippen molar-refractivity contribution >= 4 is 81.1 Å². The summed E-state index contributed by atoms with van der Waals surface area (Å²) < 4.78 is 215. The van der Waals surface area contributed by atoms with Crippen LogP contribution < -0.4 is 15.2 Å². The van der Waals surface area contributed by atoms with Gasteiger partial charge in [0.25, 0.3) is 17.2 Å². The van der Waals surface area contributed by atoms with Crippen LogP contribution in [0.25, 0.3) is 22.0 Å². The third-order valence-corrected chi connectivity index (χ3v) is 18.5. The Labute approximate surface area is 527 Å². The summed E-state index contributed by atoms with van der Waals surface area (Å²) in [7, 11) is -9.50. The molecule has 6 aromatic rings. The molecule has 0 spiro atoms. The van der Waals surface area contributed by atoms with Gasteiger partial charge in [0.1, 0.15) is 52.7 Å². The molecule has 0 bridgehead atoms. The lowest BCUT2D eigenvalue weighted by atomic mass is 9.77. The van der Waals surface area contributed by atoms with Crippen molar-refractivity contribution in [2.75, 3.05) is 6.26 Å². The maximum absolute atomic E-state index is 15.8. The van der Waals surface area contributed by atoms with E-state index in [1.807, 2.05) is 5.32 Å². The second kappa shape index (κ2) is 25.7. The number of hydrogen-bond acceptors (Lipinski definition) is 13. The van der Waals surface area contributed by atoms with Crippen molar-refractivity contribution < 1.29 is 114 Å². The number of amides is 3. The SMILES string of the molecule is CC(C)(CC(=O)N(Cc1nn(CC(F)(F)F)c2c(-c3ccc(C#CC(C)(C)S(C)(=O)=O)nc3[C@H](Cc3cc(F)cc(F)c3)NC(=O)Cn3nc(C(F)(F)F)c4c3C(F)(F)[C@@H]3C[C@H]43)ccc(Cl)c12)S(=O)O)c1c(CC(=O)N[C@@H](CC(=O)O)C(=O)O)cccc1OP(=O)(O)O. The Morgan fingerprint density at radius 2 is 1.57 bits per heavy atom. The van der Waals surface area contributed by atoms with Gasteiger partial charge in [0, 0.05) is 57.7 Å². The number of nitrogens with zero attached hydrogens (tertiary/aromatic N) is 6. The van der Waals surface area contributed by atoms with Gasteiger partial charge >= 0.3 is 32.1 Å². The molecule has 500 valence electrons. The monoisotopic (exact) mass is 1400 g/mol. The average Bonchev–Trinajstić information content (AvgIpc) is 1.52. The Balaban J connectivity index is 1.27. The molecule has 37 heteroatoms. The Morgan fingerprint density at radius 3 is 2.15 bits per heavy atom. The van der Waals surface area contributed by atoms with Crippen molar-refractivity contribution in [3.63, 3.8) is 0 Å². The summed E-state index contributed by atoms with van der Waals surface area (Å²) in [4.78, 5) is 89.6. The first kappa shape index (κ1) is 70.9. The molecule has 2 aliphatic carbocycles. The lowest BCUT2D eigenvalue weighted by molar-refractivity contribution is -0.147. The highest BCUT2D eigenvalue weighted by atomic mass is 35.5. The molecule has 2 aliphatic rings. The zero-order valence-corrected chi connectivity index (χ0v) is 51.9. The van der Waals surface area contributed by atoms with Gasteiger partial charge in [0.05, 0.1) is 47.4 Å². The van der Waals surface area contributed by atoms with Gasteiger partial charge in [-0.05, 0) is 86.1 Å². The molecule has 1 fully saturated rings. The third-order valence-electron chi connectivity index (χ3n) is 15.1. The van der Waals surface area contributed by atoms with Gasteiger partial charge < -0.3 is 25.4 Å². The van der Waals surface area contributed by atoms with Crippen LogP contribution in [-0.2, 0) is 99.6 Å². The molecular weight excluding hydrogens is 1350 g/mol. The van der Waals surface area contributed by atoms with Crippen LogP contribution in [0.2, 0.25) is 5.02 Å². The Kier molecular flexibility index (Phi) is 19.6. The number of fused-ring (bicyclic) bond motifs is 4. The summed E-state index contributed by atoms with van der Waals surface area (Å²) in [5.41, 5.74) is -9.38. The Bertz CT molecular complexity index is 4300. The van der Waals surface area contributed by atoms with Crippen molar-refractivity contribution in [3.8, 4) is 28.7 Å². The summed E-state index contributed by atoms with van der Waals surface area (Å²) in [6, 6.07) is 5.79. The maximum Gasteiger partial charge on any atom is 0.524 e. The number of aromatic nitrogens is 5. The summed E-state index contributed by atoms with van der Waals surface area (Å²) in [6.45, 7) is 0.243. The second-order valence-electron chi connectivity index (χ2n) is 23.0. The van der Waals surface area contributed by atoms with Gasteiger partial charge in [-0.15, -0.1) is 0 Å². The molecule has 23 nitrogen and oxygen atoms in total. The molecule has 3 aromatic carbocycles. The molecule has 8 rings (SSSR count). The van der Waals surface area contributed by atoms with E-state index in [1.54, 1.807) is 0 Å². The highest BCUT2D eigenvalue weighted by Gasteiger charge is 2.68. The standard InChI is InChI=1S/C56H52ClF10N8O15PS2/c1-52(2,46-27(7-6-8-39(46)90-91(83,84)85)18-40(76)70-37(51(81)82)21-43(79)80)22-42(78)75(92(86)87)23-38-45-35(57)12-11-32(48(45)74(71-38)25-54(60,61)62)31-10-9-30(13-14-53(3,4)93(5,88)89)68-47(31)36(17-26-15-28(58)19-29(59)16-26)69-41(77)24-73-50-44(49(72-73)56(65,66)67)33-20-34(33)55(50,63)64/h6-12,15-16,19,33-34,36-37H,17-18,20-25H2,1-5H3,(H,69,77)(H,70,76)(H,79,80)(H,81,82)(H,86,87)(H2,83,84,85)/t33-,34+,36-,37-/m0/s1. The topological polar surface area (TPSA) is 340 Å². The molecule has 7 N–H and O–H groups in total. The number of phosphoric acid groups is 1. The van der Waals surface area contributed by atoms with Crippen molar-refractivity contribution in [2.24, 2.45) is 5.92 Å². The van der Waals surface area contributed by atoms with E-state index in [9.17, 15) is 92.1 Å². The number of benzene rings is 3. The second-order valence-corrected chi connectivity index (χ2v) is 28.0. The maximum atomic E-state index is 15.8. The molecule has 1 unspecified atom stereocenters.